The Balaban J connectivity index is 1.76. The van der Waals surface area contributed by atoms with Gasteiger partial charge in [0.2, 0.25) is 0 Å². The van der Waals surface area contributed by atoms with Gasteiger partial charge in [0, 0.05) is 6.04 Å². The van der Waals surface area contributed by atoms with Crippen molar-refractivity contribution in [1.29, 1.82) is 0 Å². The summed E-state index contributed by atoms with van der Waals surface area (Å²) < 4.78 is 0. The second-order valence-electron chi connectivity index (χ2n) is 5.31. The van der Waals surface area contributed by atoms with Gasteiger partial charge in [0.15, 0.2) is 0 Å². The molecule has 1 aliphatic heterocycles. The molecular weight excluding hydrogens is 214 g/mol. The van der Waals surface area contributed by atoms with Crippen LogP contribution in [0.3, 0.4) is 0 Å². The highest BCUT2D eigenvalue weighted by Crippen LogP contribution is 2.37. The quantitative estimate of drug-likeness (QED) is 0.842. The molecule has 4 heteroatoms. The van der Waals surface area contributed by atoms with Crippen molar-refractivity contribution in [2.75, 3.05) is 6.54 Å². The molecule has 0 radical (unpaired) electrons. The zero-order valence-corrected chi connectivity index (χ0v) is 10.2. The Labute approximate surface area is 102 Å². The van der Waals surface area contributed by atoms with Crippen LogP contribution in [0.1, 0.15) is 56.0 Å². The molecule has 3 rings (SSSR count). The molecule has 0 unspecified atom stereocenters. The van der Waals surface area contributed by atoms with E-state index in [-0.39, 0.29) is 6.61 Å². The van der Waals surface area contributed by atoms with Gasteiger partial charge in [-0.25, -0.2) is 0 Å². The smallest absolute Gasteiger partial charge is 0.0847 e. The molecule has 0 bridgehead atoms. The molecule has 1 aliphatic carbocycles. The Bertz CT molecular complexity index is 370. The Hall–Kier alpha value is -0.870. The van der Waals surface area contributed by atoms with E-state index in [1.54, 1.807) is 0 Å². The van der Waals surface area contributed by atoms with E-state index in [9.17, 15) is 0 Å². The summed E-state index contributed by atoms with van der Waals surface area (Å²) in [5.41, 5.74) is 1.96. The Morgan fingerprint density at radius 3 is 2.82 bits per heavy atom. The van der Waals surface area contributed by atoms with Crippen molar-refractivity contribution in [3.05, 3.63) is 17.5 Å². The Morgan fingerprint density at radius 2 is 2.12 bits per heavy atom. The maximum atomic E-state index is 9.09. The molecular formula is C13H21N3O. The molecule has 17 heavy (non-hydrogen) atoms. The Kier molecular flexibility index (Phi) is 3.16. The summed E-state index contributed by atoms with van der Waals surface area (Å²) in [5.74, 6) is 0. The van der Waals surface area contributed by atoms with Gasteiger partial charge < -0.3 is 5.11 Å². The molecule has 94 valence electrons. The van der Waals surface area contributed by atoms with Crippen molar-refractivity contribution in [2.24, 2.45) is 0 Å². The first-order valence-electron chi connectivity index (χ1n) is 6.79. The van der Waals surface area contributed by atoms with Crippen molar-refractivity contribution in [3.63, 3.8) is 0 Å². The zero-order valence-electron chi connectivity index (χ0n) is 10.2. The van der Waals surface area contributed by atoms with E-state index in [0.717, 1.165) is 17.4 Å². The van der Waals surface area contributed by atoms with E-state index in [1.165, 1.54) is 45.1 Å². The van der Waals surface area contributed by atoms with Crippen molar-refractivity contribution < 1.29 is 5.11 Å². The Morgan fingerprint density at radius 1 is 1.29 bits per heavy atom. The maximum Gasteiger partial charge on any atom is 0.0847 e. The van der Waals surface area contributed by atoms with Crippen molar-refractivity contribution in [3.8, 4) is 0 Å². The first-order valence-corrected chi connectivity index (χ1v) is 6.79. The molecule has 2 fully saturated rings. The summed E-state index contributed by atoms with van der Waals surface area (Å²) in [6, 6.07) is 3.28. The van der Waals surface area contributed by atoms with E-state index >= 15 is 0 Å². The van der Waals surface area contributed by atoms with E-state index in [1.807, 2.05) is 6.07 Å². The molecule has 2 aliphatic rings. The third-order valence-electron chi connectivity index (χ3n) is 4.25. The predicted octanol–water partition coefficient (Wildman–Crippen LogP) is 1.98. The highest BCUT2D eigenvalue weighted by molar-refractivity contribution is 5.14. The van der Waals surface area contributed by atoms with Crippen LogP contribution in [0, 0.1) is 0 Å². The lowest BCUT2D eigenvalue weighted by atomic mass is 10.1. The highest BCUT2D eigenvalue weighted by atomic mass is 16.3. The van der Waals surface area contributed by atoms with Crippen LogP contribution in [-0.4, -0.2) is 32.8 Å². The minimum absolute atomic E-state index is 0.0587. The number of H-pyrrole nitrogens is 1. The minimum atomic E-state index is 0.0587. The largest absolute Gasteiger partial charge is 0.390 e. The van der Waals surface area contributed by atoms with Crippen molar-refractivity contribution in [2.45, 2.75) is 57.2 Å². The van der Waals surface area contributed by atoms with Gasteiger partial charge in [-0.3, -0.25) is 10.00 Å². The molecule has 0 spiro atoms. The van der Waals surface area contributed by atoms with Gasteiger partial charge in [0.05, 0.1) is 24.0 Å². The number of hydrogen-bond donors (Lipinski definition) is 2. The summed E-state index contributed by atoms with van der Waals surface area (Å²) in [5, 5.41) is 16.4. The first kappa shape index (κ1) is 11.2. The van der Waals surface area contributed by atoms with E-state index < -0.39 is 0 Å². The highest BCUT2D eigenvalue weighted by Gasteiger charge is 2.34. The van der Waals surface area contributed by atoms with Crippen LogP contribution in [-0.2, 0) is 6.61 Å². The van der Waals surface area contributed by atoms with E-state index in [2.05, 4.69) is 15.1 Å². The second kappa shape index (κ2) is 4.78. The average Bonchev–Trinajstić information content (AvgIpc) is 3.09. The van der Waals surface area contributed by atoms with Gasteiger partial charge in [-0.1, -0.05) is 12.8 Å². The standard InChI is InChI=1S/C13H21N3O/c17-9-10-8-12(15-14-10)13-6-3-7-16(13)11-4-1-2-5-11/h8,11,13,17H,1-7,9H2,(H,14,15)/t13-/m1/s1. The lowest BCUT2D eigenvalue weighted by Gasteiger charge is -2.29. The summed E-state index contributed by atoms with van der Waals surface area (Å²) in [7, 11) is 0. The fourth-order valence-corrected chi connectivity index (χ4v) is 3.41. The van der Waals surface area contributed by atoms with Gasteiger partial charge in [0.25, 0.3) is 0 Å². The lowest BCUT2D eigenvalue weighted by Crippen LogP contribution is -2.32. The molecule has 1 aromatic heterocycles. The van der Waals surface area contributed by atoms with Gasteiger partial charge in [-0.05, 0) is 38.3 Å². The molecule has 1 saturated heterocycles. The molecule has 1 aromatic rings. The van der Waals surface area contributed by atoms with Crippen molar-refractivity contribution in [1.82, 2.24) is 15.1 Å². The number of nitrogens with one attached hydrogen (secondary N) is 1. The third kappa shape index (κ3) is 2.11. The van der Waals surface area contributed by atoms with Crippen LogP contribution in [0.5, 0.6) is 0 Å². The molecule has 0 amide bonds. The third-order valence-corrected chi connectivity index (χ3v) is 4.25. The molecule has 1 saturated carbocycles. The number of aliphatic hydroxyl groups is 1. The summed E-state index contributed by atoms with van der Waals surface area (Å²) in [4.78, 5) is 2.64. The number of aromatic amines is 1. The average molecular weight is 235 g/mol. The van der Waals surface area contributed by atoms with Crippen LogP contribution in [0.25, 0.3) is 0 Å². The molecule has 2 N–H and O–H groups in total. The fraction of sp³-hybridized carbons (Fsp3) is 0.769. The van der Waals surface area contributed by atoms with Crippen molar-refractivity contribution >= 4 is 0 Å². The first-order chi connectivity index (χ1) is 8.38. The minimum Gasteiger partial charge on any atom is -0.390 e. The van der Waals surface area contributed by atoms with Crippen LogP contribution >= 0.6 is 0 Å². The number of rotatable bonds is 3. The van der Waals surface area contributed by atoms with Crippen LogP contribution in [0.4, 0.5) is 0 Å². The number of hydrogen-bond acceptors (Lipinski definition) is 3. The van der Waals surface area contributed by atoms with E-state index in [4.69, 9.17) is 5.11 Å². The van der Waals surface area contributed by atoms with Crippen LogP contribution in [0.2, 0.25) is 0 Å². The summed E-state index contributed by atoms with van der Waals surface area (Å²) in [6.07, 6.45) is 7.98. The van der Waals surface area contributed by atoms with Gasteiger partial charge in [-0.2, -0.15) is 5.10 Å². The fourth-order valence-electron chi connectivity index (χ4n) is 3.41. The lowest BCUT2D eigenvalue weighted by molar-refractivity contribution is 0.180. The predicted molar refractivity (Wildman–Crippen MR) is 65.4 cm³/mol. The molecule has 1 atom stereocenters. The number of likely N-dealkylation sites (tertiary alicyclic amines) is 1. The van der Waals surface area contributed by atoms with Gasteiger partial charge in [0.1, 0.15) is 0 Å². The SMILES string of the molecule is OCc1cc([C@H]2CCCN2C2CCCC2)n[nH]1. The number of nitrogens with zero attached hydrogens (tertiary/aromatic N) is 2. The molecule has 0 aromatic carbocycles. The summed E-state index contributed by atoms with van der Waals surface area (Å²) >= 11 is 0. The zero-order chi connectivity index (χ0) is 11.7. The van der Waals surface area contributed by atoms with Crippen LogP contribution < -0.4 is 0 Å². The second-order valence-corrected chi connectivity index (χ2v) is 5.31. The molecule has 2 heterocycles. The maximum absolute atomic E-state index is 9.09. The van der Waals surface area contributed by atoms with Crippen LogP contribution in [0.15, 0.2) is 6.07 Å². The van der Waals surface area contributed by atoms with E-state index in [0.29, 0.717) is 6.04 Å². The molecule has 4 nitrogen and oxygen atoms in total. The normalized spacial score (nSPS) is 27.0. The topological polar surface area (TPSA) is 52.1 Å². The monoisotopic (exact) mass is 235 g/mol. The number of aliphatic hydroxyl groups excluding tert-OH is 1. The number of aromatic nitrogens is 2. The van der Waals surface area contributed by atoms with Gasteiger partial charge >= 0.3 is 0 Å². The summed E-state index contributed by atoms with van der Waals surface area (Å²) in [6.45, 7) is 1.28. The van der Waals surface area contributed by atoms with Gasteiger partial charge in [-0.15, -0.1) is 0 Å².